The lowest BCUT2D eigenvalue weighted by Crippen LogP contribution is -2.56. The molecule has 2 fully saturated rings. The number of likely N-dealkylation sites (tertiary alicyclic amines) is 1. The second-order valence-corrected chi connectivity index (χ2v) is 12.4. The fourth-order valence-corrected chi connectivity index (χ4v) is 8.91. The van der Waals surface area contributed by atoms with Gasteiger partial charge in [-0.15, -0.1) is 11.8 Å². The number of aliphatic hydroxyl groups excluding tert-OH is 1. The number of thioether (sulfide) groups is 1. The first-order valence-electron chi connectivity index (χ1n) is 13.6. The highest BCUT2D eigenvalue weighted by atomic mass is 32.2. The number of rotatable bonds is 7. The Kier molecular flexibility index (Phi) is 7.11. The maximum absolute atomic E-state index is 14.5. The number of amides is 2. The molecule has 0 aliphatic carbocycles. The molecule has 4 aliphatic rings. The van der Waals surface area contributed by atoms with Gasteiger partial charge in [-0.05, 0) is 57.5 Å². The second kappa shape index (κ2) is 10.1. The van der Waals surface area contributed by atoms with Crippen LogP contribution in [0.5, 0.6) is 0 Å². The lowest BCUT2D eigenvalue weighted by molar-refractivity contribution is -0.153. The molecule has 1 spiro atoms. The van der Waals surface area contributed by atoms with Gasteiger partial charge in [0.15, 0.2) is 0 Å². The first-order valence-corrected chi connectivity index (χ1v) is 14.4. The number of hydrogen-bond acceptors (Lipinski definition) is 7. The smallest absolute Gasteiger partial charge is 0.311 e. The lowest BCUT2D eigenvalue weighted by atomic mass is 9.75. The number of cyclic esters (lactones) is 1. The van der Waals surface area contributed by atoms with Crippen molar-refractivity contribution in [2.45, 2.75) is 55.7 Å². The molecular formula is C29H37N3O5S. The van der Waals surface area contributed by atoms with Crippen molar-refractivity contribution in [3.05, 3.63) is 48.6 Å². The Bertz CT molecular complexity index is 1160. The van der Waals surface area contributed by atoms with Crippen molar-refractivity contribution in [3.63, 3.8) is 0 Å². The normalized spacial score (nSPS) is 32.9. The standard InChI is InChI=1S/C29H37N3O5S/c1-5-19(18-33)32-24-26(35)31(21-12-10-20(11-13-21)30(6-2)7-3)16-8-15-29(24)22(25(32)34)23-27(36)37-17-9-14-28(23,4)38-29/h8-15,19,22-24,33H,5-7,16-18H2,1-4H3/t19-,22-,23-,24?,28+,29-/m0/s1. The molecule has 5 rings (SSSR count). The third kappa shape index (κ3) is 3.88. The fraction of sp³-hybridized carbons (Fsp3) is 0.552. The van der Waals surface area contributed by atoms with Crippen LogP contribution in [0.1, 0.15) is 34.1 Å². The van der Waals surface area contributed by atoms with Crippen molar-refractivity contribution in [2.75, 3.05) is 42.6 Å². The summed E-state index contributed by atoms with van der Waals surface area (Å²) in [6.45, 7) is 10.1. The summed E-state index contributed by atoms with van der Waals surface area (Å²) in [4.78, 5) is 47.5. The minimum absolute atomic E-state index is 0.173. The SMILES string of the molecule is CC[C@@H](CO)N1C(=O)[C@@H]2[C@H]3C(=O)OCC=C[C@@]3(C)S[C@@]23C=CCN(c2ccc(N(CC)CC)cc2)C(=O)C13. The van der Waals surface area contributed by atoms with E-state index in [0.717, 1.165) is 24.5 Å². The van der Waals surface area contributed by atoms with Crippen LogP contribution in [0, 0.1) is 11.8 Å². The third-order valence-corrected chi connectivity index (χ3v) is 10.4. The summed E-state index contributed by atoms with van der Waals surface area (Å²) < 4.78 is 3.84. The molecule has 204 valence electrons. The Morgan fingerprint density at radius 1 is 1.05 bits per heavy atom. The molecule has 1 aromatic rings. The Balaban J connectivity index is 1.60. The molecule has 1 N–H and O–H groups in total. The van der Waals surface area contributed by atoms with Gasteiger partial charge in [0.2, 0.25) is 5.91 Å². The Morgan fingerprint density at radius 2 is 1.76 bits per heavy atom. The van der Waals surface area contributed by atoms with Gasteiger partial charge in [0, 0.05) is 35.8 Å². The zero-order chi connectivity index (χ0) is 27.2. The van der Waals surface area contributed by atoms with Crippen LogP contribution < -0.4 is 9.80 Å². The van der Waals surface area contributed by atoms with Crippen LogP contribution in [0.2, 0.25) is 0 Å². The van der Waals surface area contributed by atoms with E-state index in [1.807, 2.05) is 62.4 Å². The molecule has 0 bridgehead atoms. The predicted molar refractivity (Wildman–Crippen MR) is 149 cm³/mol. The van der Waals surface area contributed by atoms with Crippen LogP contribution in [0.4, 0.5) is 11.4 Å². The summed E-state index contributed by atoms with van der Waals surface area (Å²) >= 11 is 1.52. The topological polar surface area (TPSA) is 90.4 Å². The molecule has 2 saturated heterocycles. The van der Waals surface area contributed by atoms with Crippen LogP contribution in [-0.2, 0) is 19.1 Å². The second-order valence-electron chi connectivity index (χ2n) is 10.6. The number of aliphatic hydroxyl groups is 1. The van der Waals surface area contributed by atoms with E-state index < -0.39 is 39.4 Å². The van der Waals surface area contributed by atoms with E-state index in [4.69, 9.17) is 4.74 Å². The number of ether oxygens (including phenoxy) is 1. The van der Waals surface area contributed by atoms with Gasteiger partial charge in [0.1, 0.15) is 12.6 Å². The molecule has 38 heavy (non-hydrogen) atoms. The van der Waals surface area contributed by atoms with E-state index in [0.29, 0.717) is 13.0 Å². The average Bonchev–Trinajstić information content (AvgIpc) is 3.17. The van der Waals surface area contributed by atoms with Crippen LogP contribution in [0.3, 0.4) is 0 Å². The monoisotopic (exact) mass is 539 g/mol. The molecule has 1 unspecified atom stereocenters. The summed E-state index contributed by atoms with van der Waals surface area (Å²) in [5.74, 6) is -2.35. The number of nitrogens with zero attached hydrogens (tertiary/aromatic N) is 3. The number of anilines is 2. The fourth-order valence-electron chi connectivity index (χ4n) is 6.77. The van der Waals surface area contributed by atoms with Crippen LogP contribution in [-0.4, -0.2) is 82.2 Å². The van der Waals surface area contributed by atoms with Gasteiger partial charge in [-0.3, -0.25) is 14.4 Å². The highest BCUT2D eigenvalue weighted by molar-refractivity contribution is 8.02. The molecule has 0 saturated carbocycles. The predicted octanol–water partition coefficient (Wildman–Crippen LogP) is 3.01. The largest absolute Gasteiger partial charge is 0.461 e. The van der Waals surface area contributed by atoms with Crippen molar-refractivity contribution >= 4 is 40.9 Å². The van der Waals surface area contributed by atoms with E-state index in [1.54, 1.807) is 9.80 Å². The van der Waals surface area contributed by atoms with Gasteiger partial charge in [-0.2, -0.15) is 0 Å². The van der Waals surface area contributed by atoms with Crippen molar-refractivity contribution in [2.24, 2.45) is 11.8 Å². The van der Waals surface area contributed by atoms with Gasteiger partial charge in [0.25, 0.3) is 5.91 Å². The number of hydrogen-bond donors (Lipinski definition) is 1. The van der Waals surface area contributed by atoms with Crippen LogP contribution in [0.15, 0.2) is 48.6 Å². The van der Waals surface area contributed by atoms with E-state index in [2.05, 4.69) is 18.7 Å². The molecule has 0 radical (unpaired) electrons. The Hall–Kier alpha value is -2.78. The van der Waals surface area contributed by atoms with Crippen LogP contribution >= 0.6 is 11.8 Å². The molecular weight excluding hydrogens is 502 g/mol. The van der Waals surface area contributed by atoms with Crippen molar-refractivity contribution in [3.8, 4) is 0 Å². The molecule has 1 aromatic carbocycles. The quantitative estimate of drug-likeness (QED) is 0.421. The molecule has 4 aliphatic heterocycles. The van der Waals surface area contributed by atoms with E-state index in [1.165, 1.54) is 11.8 Å². The zero-order valence-electron chi connectivity index (χ0n) is 22.5. The summed E-state index contributed by atoms with van der Waals surface area (Å²) in [5.41, 5.74) is 1.84. The van der Waals surface area contributed by atoms with Gasteiger partial charge < -0.3 is 24.5 Å². The highest BCUT2D eigenvalue weighted by Crippen LogP contribution is 2.65. The Morgan fingerprint density at radius 3 is 2.39 bits per heavy atom. The van der Waals surface area contributed by atoms with E-state index in [9.17, 15) is 19.5 Å². The van der Waals surface area contributed by atoms with E-state index >= 15 is 0 Å². The number of fused-ring (bicyclic) bond motifs is 2. The number of benzene rings is 1. The number of esters is 1. The molecule has 8 nitrogen and oxygen atoms in total. The van der Waals surface area contributed by atoms with Gasteiger partial charge in [0.05, 0.1) is 29.2 Å². The average molecular weight is 540 g/mol. The summed E-state index contributed by atoms with van der Waals surface area (Å²) in [5, 5.41) is 10.3. The maximum Gasteiger partial charge on any atom is 0.311 e. The first-order chi connectivity index (χ1) is 18.3. The van der Waals surface area contributed by atoms with Crippen molar-refractivity contribution < 1.29 is 24.2 Å². The Labute approximate surface area is 228 Å². The molecule has 9 heteroatoms. The first kappa shape index (κ1) is 26.8. The number of carbonyl (C=O) groups excluding carboxylic acids is 3. The van der Waals surface area contributed by atoms with Gasteiger partial charge in [-0.25, -0.2) is 0 Å². The van der Waals surface area contributed by atoms with Gasteiger partial charge >= 0.3 is 5.97 Å². The minimum Gasteiger partial charge on any atom is -0.461 e. The zero-order valence-corrected chi connectivity index (χ0v) is 23.3. The maximum atomic E-state index is 14.5. The molecule has 6 atom stereocenters. The van der Waals surface area contributed by atoms with Gasteiger partial charge in [-0.1, -0.05) is 25.2 Å². The van der Waals surface area contributed by atoms with E-state index in [-0.39, 0.29) is 25.0 Å². The minimum atomic E-state index is -0.952. The molecule has 4 heterocycles. The summed E-state index contributed by atoms with van der Waals surface area (Å²) in [6, 6.07) is 6.56. The molecule has 0 aromatic heterocycles. The van der Waals surface area contributed by atoms with Crippen molar-refractivity contribution in [1.82, 2.24) is 4.90 Å². The molecule has 2 amide bonds. The third-order valence-electron chi connectivity index (χ3n) is 8.62. The number of carbonyl (C=O) groups is 3. The van der Waals surface area contributed by atoms with Crippen LogP contribution in [0.25, 0.3) is 0 Å². The lowest BCUT2D eigenvalue weighted by Gasteiger charge is -2.39. The summed E-state index contributed by atoms with van der Waals surface area (Å²) in [7, 11) is 0. The summed E-state index contributed by atoms with van der Waals surface area (Å²) in [6.07, 6.45) is 8.22. The van der Waals surface area contributed by atoms with Crippen molar-refractivity contribution in [1.29, 1.82) is 0 Å². The highest BCUT2D eigenvalue weighted by Gasteiger charge is 2.74.